The molecule has 4 rings (SSSR count). The molecule has 0 radical (unpaired) electrons. The van der Waals surface area contributed by atoms with Gasteiger partial charge in [-0.3, -0.25) is 9.59 Å². The zero-order valence-electron chi connectivity index (χ0n) is 16.3. The van der Waals surface area contributed by atoms with Gasteiger partial charge in [0, 0.05) is 16.8 Å². The van der Waals surface area contributed by atoms with E-state index in [-0.39, 0.29) is 18.4 Å². The minimum atomic E-state index is -0.589. The number of hydrogen-bond acceptors (Lipinski definition) is 2. The molecular weight excluding hydrogens is 367 g/mol. The first-order chi connectivity index (χ1) is 13.9. The summed E-state index contributed by atoms with van der Waals surface area (Å²) in [6.07, 6.45) is 0. The number of nitrogens with zero attached hydrogens (tertiary/aromatic N) is 1. The third kappa shape index (κ3) is 3.76. The highest BCUT2D eigenvalue weighted by Crippen LogP contribution is 2.37. The van der Waals surface area contributed by atoms with Crippen LogP contribution in [0.4, 0.5) is 10.1 Å². The Morgan fingerprint density at radius 3 is 2.38 bits per heavy atom. The summed E-state index contributed by atoms with van der Waals surface area (Å²) in [5.74, 6) is -0.994. The quantitative estimate of drug-likeness (QED) is 0.696. The summed E-state index contributed by atoms with van der Waals surface area (Å²) in [6, 6.07) is 18.7. The average molecular weight is 388 g/mol. The molecule has 0 aromatic heterocycles. The van der Waals surface area contributed by atoms with E-state index in [2.05, 4.69) is 5.32 Å². The van der Waals surface area contributed by atoms with E-state index in [1.807, 2.05) is 62.4 Å². The van der Waals surface area contributed by atoms with Crippen LogP contribution in [0, 0.1) is 19.7 Å². The molecule has 0 bridgehead atoms. The van der Waals surface area contributed by atoms with Crippen molar-refractivity contribution in [1.82, 2.24) is 4.90 Å². The van der Waals surface area contributed by atoms with Crippen LogP contribution in [0.1, 0.15) is 38.7 Å². The minimum Gasteiger partial charge on any atom is -0.324 e. The maximum atomic E-state index is 14.2. The number of carbonyl (C=O) groups is 2. The van der Waals surface area contributed by atoms with Crippen molar-refractivity contribution in [3.8, 4) is 0 Å². The fourth-order valence-electron chi connectivity index (χ4n) is 3.93. The van der Waals surface area contributed by atoms with Crippen LogP contribution >= 0.6 is 0 Å². The molecule has 0 fully saturated rings. The van der Waals surface area contributed by atoms with Crippen LogP contribution in [-0.2, 0) is 4.79 Å². The van der Waals surface area contributed by atoms with Gasteiger partial charge in [-0.05, 0) is 49.7 Å². The zero-order chi connectivity index (χ0) is 20.5. The Morgan fingerprint density at radius 1 is 1.00 bits per heavy atom. The number of fused-ring (bicyclic) bond motifs is 1. The van der Waals surface area contributed by atoms with Gasteiger partial charge < -0.3 is 10.2 Å². The molecule has 0 unspecified atom stereocenters. The number of benzene rings is 3. The number of nitrogens with one attached hydrogen (secondary N) is 1. The Morgan fingerprint density at radius 2 is 1.69 bits per heavy atom. The van der Waals surface area contributed by atoms with E-state index in [1.165, 1.54) is 17.0 Å². The lowest BCUT2D eigenvalue weighted by Gasteiger charge is -2.31. The summed E-state index contributed by atoms with van der Waals surface area (Å²) >= 11 is 0. The second-order valence-electron chi connectivity index (χ2n) is 7.40. The highest BCUT2D eigenvalue weighted by Gasteiger charge is 2.34. The molecule has 0 saturated heterocycles. The van der Waals surface area contributed by atoms with Crippen LogP contribution in [0.15, 0.2) is 66.7 Å². The van der Waals surface area contributed by atoms with Crippen molar-refractivity contribution in [1.29, 1.82) is 0 Å². The van der Waals surface area contributed by atoms with E-state index in [0.29, 0.717) is 16.8 Å². The predicted molar refractivity (Wildman–Crippen MR) is 110 cm³/mol. The van der Waals surface area contributed by atoms with E-state index in [9.17, 15) is 14.0 Å². The summed E-state index contributed by atoms with van der Waals surface area (Å²) in [4.78, 5) is 27.6. The maximum absolute atomic E-state index is 14.2. The Bertz CT molecular complexity index is 1080. The van der Waals surface area contributed by atoms with Crippen molar-refractivity contribution in [2.75, 3.05) is 11.9 Å². The largest absolute Gasteiger partial charge is 0.324 e. The van der Waals surface area contributed by atoms with Crippen molar-refractivity contribution in [2.45, 2.75) is 19.9 Å². The first kappa shape index (κ1) is 18.9. The van der Waals surface area contributed by atoms with Gasteiger partial charge in [0.25, 0.3) is 5.91 Å². The molecule has 1 atom stereocenters. The van der Waals surface area contributed by atoms with Crippen molar-refractivity contribution >= 4 is 17.5 Å². The van der Waals surface area contributed by atoms with Crippen LogP contribution < -0.4 is 5.32 Å². The monoisotopic (exact) mass is 388 g/mol. The number of hydrogen-bond donors (Lipinski definition) is 1. The maximum Gasteiger partial charge on any atom is 0.255 e. The molecule has 5 heteroatoms. The topological polar surface area (TPSA) is 49.4 Å². The SMILES string of the molecule is Cc1cc(C)cc(C(=O)N2CC(=O)Nc3ccc(F)cc3[C@@H]2c2ccccc2)c1. The smallest absolute Gasteiger partial charge is 0.255 e. The molecule has 1 aliphatic rings. The Kier molecular flexibility index (Phi) is 4.89. The molecule has 0 saturated carbocycles. The summed E-state index contributed by atoms with van der Waals surface area (Å²) in [5.41, 5.74) is 4.33. The van der Waals surface area contributed by atoms with Crippen LogP contribution in [0.3, 0.4) is 0 Å². The fourth-order valence-corrected chi connectivity index (χ4v) is 3.93. The first-order valence-corrected chi connectivity index (χ1v) is 9.46. The van der Waals surface area contributed by atoms with Crippen molar-refractivity contribution in [2.24, 2.45) is 0 Å². The van der Waals surface area contributed by atoms with E-state index >= 15 is 0 Å². The third-order valence-electron chi connectivity index (χ3n) is 5.05. The molecule has 2 amide bonds. The molecule has 1 aliphatic heterocycles. The van der Waals surface area contributed by atoms with E-state index in [1.54, 1.807) is 6.07 Å². The summed E-state index contributed by atoms with van der Waals surface area (Å²) in [7, 11) is 0. The molecular formula is C24H21FN2O2. The van der Waals surface area contributed by atoms with Gasteiger partial charge in [0.2, 0.25) is 5.91 Å². The minimum absolute atomic E-state index is 0.123. The molecule has 3 aromatic carbocycles. The van der Waals surface area contributed by atoms with E-state index < -0.39 is 11.9 Å². The fraction of sp³-hybridized carbons (Fsp3) is 0.167. The number of aryl methyl sites for hydroxylation is 2. The lowest BCUT2D eigenvalue weighted by Crippen LogP contribution is -2.39. The van der Waals surface area contributed by atoms with Crippen molar-refractivity contribution in [3.05, 3.63) is 100 Å². The van der Waals surface area contributed by atoms with E-state index in [4.69, 9.17) is 0 Å². The van der Waals surface area contributed by atoms with Gasteiger partial charge >= 0.3 is 0 Å². The van der Waals surface area contributed by atoms with Crippen LogP contribution in [0.25, 0.3) is 0 Å². The summed E-state index contributed by atoms with van der Waals surface area (Å²) in [5, 5.41) is 2.81. The lowest BCUT2D eigenvalue weighted by molar-refractivity contribution is -0.117. The second kappa shape index (κ2) is 7.51. The molecule has 4 nitrogen and oxygen atoms in total. The molecule has 0 spiro atoms. The highest BCUT2D eigenvalue weighted by molar-refractivity contribution is 6.01. The predicted octanol–water partition coefficient (Wildman–Crippen LogP) is 4.63. The number of rotatable bonds is 2. The van der Waals surface area contributed by atoms with Crippen LogP contribution in [0.2, 0.25) is 0 Å². The normalized spacial score (nSPS) is 16.0. The van der Waals surface area contributed by atoms with Crippen LogP contribution in [-0.4, -0.2) is 23.3 Å². The van der Waals surface area contributed by atoms with Gasteiger partial charge in [-0.2, -0.15) is 0 Å². The summed E-state index contributed by atoms with van der Waals surface area (Å²) in [6.45, 7) is 3.73. The number of carbonyl (C=O) groups excluding carboxylic acids is 2. The Hall–Kier alpha value is -3.47. The first-order valence-electron chi connectivity index (χ1n) is 9.46. The molecule has 29 heavy (non-hydrogen) atoms. The van der Waals surface area contributed by atoms with Gasteiger partial charge in [-0.25, -0.2) is 4.39 Å². The summed E-state index contributed by atoms with van der Waals surface area (Å²) < 4.78 is 14.2. The van der Waals surface area contributed by atoms with Gasteiger partial charge in [0.1, 0.15) is 12.4 Å². The molecule has 0 aliphatic carbocycles. The Balaban J connectivity index is 1.90. The molecule has 1 heterocycles. The van der Waals surface area contributed by atoms with Gasteiger partial charge in [0.05, 0.1) is 6.04 Å². The van der Waals surface area contributed by atoms with Gasteiger partial charge in [-0.1, -0.05) is 47.5 Å². The zero-order valence-corrected chi connectivity index (χ0v) is 16.3. The molecule has 3 aromatic rings. The molecule has 146 valence electrons. The number of anilines is 1. The van der Waals surface area contributed by atoms with Crippen molar-refractivity contribution in [3.63, 3.8) is 0 Å². The van der Waals surface area contributed by atoms with Crippen molar-refractivity contribution < 1.29 is 14.0 Å². The molecule has 1 N–H and O–H groups in total. The Labute approximate surface area is 169 Å². The highest BCUT2D eigenvalue weighted by atomic mass is 19.1. The van der Waals surface area contributed by atoms with Gasteiger partial charge in [0.15, 0.2) is 0 Å². The number of halogens is 1. The van der Waals surface area contributed by atoms with Crippen LogP contribution in [0.5, 0.6) is 0 Å². The van der Waals surface area contributed by atoms with E-state index in [0.717, 1.165) is 16.7 Å². The van der Waals surface area contributed by atoms with Gasteiger partial charge in [-0.15, -0.1) is 0 Å². The standard InChI is InChI=1S/C24H21FN2O2/c1-15-10-16(2)12-18(11-15)24(29)27-14-22(28)26-21-9-8-19(25)13-20(21)23(27)17-6-4-3-5-7-17/h3-13,23H,14H2,1-2H3,(H,26,28)/t23-/m0/s1. The third-order valence-corrected chi connectivity index (χ3v) is 5.05. The average Bonchev–Trinajstić information content (AvgIpc) is 2.83. The number of amides is 2. The second-order valence-corrected chi connectivity index (χ2v) is 7.40. The lowest BCUT2D eigenvalue weighted by atomic mass is 9.95.